The summed E-state index contributed by atoms with van der Waals surface area (Å²) in [5, 5.41) is 0. The van der Waals surface area contributed by atoms with E-state index in [2.05, 4.69) is 14.9 Å². The first-order chi connectivity index (χ1) is 13.8. The summed E-state index contributed by atoms with van der Waals surface area (Å²) in [5.41, 5.74) is 2.06. The fourth-order valence-corrected chi connectivity index (χ4v) is 3.29. The average Bonchev–Trinajstić information content (AvgIpc) is 2.79. The number of piperazine rings is 1. The summed E-state index contributed by atoms with van der Waals surface area (Å²) in [6.07, 6.45) is 3.47. The Balaban J connectivity index is 1.35. The van der Waals surface area contributed by atoms with Gasteiger partial charge >= 0.3 is 0 Å². The van der Waals surface area contributed by atoms with Gasteiger partial charge < -0.3 is 14.5 Å². The third-order valence-corrected chi connectivity index (χ3v) is 4.79. The molecule has 0 N–H and O–H groups in total. The van der Waals surface area contributed by atoms with Crippen LogP contribution >= 0.6 is 0 Å². The number of anilines is 1. The molecule has 2 aromatic carbocycles. The number of ether oxygens (including phenoxy) is 1. The van der Waals surface area contributed by atoms with Crippen LogP contribution < -0.4 is 9.64 Å². The molecule has 0 unspecified atom stereocenters. The highest BCUT2D eigenvalue weighted by atomic mass is 16.5. The number of aromatic nitrogens is 2. The van der Waals surface area contributed by atoms with E-state index in [1.54, 1.807) is 18.5 Å². The van der Waals surface area contributed by atoms with Crippen molar-refractivity contribution < 1.29 is 9.53 Å². The minimum atomic E-state index is -0.00325. The number of hydrogen-bond acceptors (Lipinski definition) is 5. The highest BCUT2D eigenvalue weighted by Crippen LogP contribution is 2.29. The zero-order valence-corrected chi connectivity index (χ0v) is 15.6. The van der Waals surface area contributed by atoms with Crippen LogP contribution in [0, 0.1) is 0 Å². The molecule has 0 bridgehead atoms. The van der Waals surface area contributed by atoms with E-state index < -0.39 is 0 Å². The fraction of sp³-hybridized carbons (Fsp3) is 0.227. The van der Waals surface area contributed by atoms with Crippen LogP contribution in [0.5, 0.6) is 5.75 Å². The second kappa shape index (κ2) is 8.52. The van der Waals surface area contributed by atoms with Gasteiger partial charge in [0.2, 0.25) is 5.95 Å². The van der Waals surface area contributed by atoms with E-state index in [0.717, 1.165) is 30.0 Å². The number of nitrogens with zero attached hydrogens (tertiary/aromatic N) is 4. The SMILES string of the molecule is O=C(COc1ccccc1-c1ccccc1)N1CCN(c2ncccn2)CC1. The Labute approximate surface area is 164 Å². The first-order valence-electron chi connectivity index (χ1n) is 9.38. The van der Waals surface area contributed by atoms with Gasteiger partial charge in [0.1, 0.15) is 5.75 Å². The first kappa shape index (κ1) is 18.0. The van der Waals surface area contributed by atoms with E-state index in [9.17, 15) is 4.79 Å². The number of carbonyl (C=O) groups is 1. The molecule has 142 valence electrons. The zero-order chi connectivity index (χ0) is 19.2. The Morgan fingerprint density at radius 3 is 2.29 bits per heavy atom. The van der Waals surface area contributed by atoms with Gasteiger partial charge in [0, 0.05) is 44.1 Å². The second-order valence-corrected chi connectivity index (χ2v) is 6.57. The standard InChI is InChI=1S/C22H22N4O2/c27-21(25-13-15-26(16-14-25)22-23-11-6-12-24-22)17-28-20-10-5-4-9-19(20)18-7-2-1-3-8-18/h1-12H,13-17H2. The van der Waals surface area contributed by atoms with Gasteiger partial charge in [0.05, 0.1) is 0 Å². The van der Waals surface area contributed by atoms with Crippen LogP contribution in [-0.2, 0) is 4.79 Å². The summed E-state index contributed by atoms with van der Waals surface area (Å²) >= 11 is 0. The molecular formula is C22H22N4O2. The van der Waals surface area contributed by atoms with E-state index in [1.165, 1.54) is 0 Å². The Kier molecular flexibility index (Phi) is 5.47. The van der Waals surface area contributed by atoms with E-state index in [0.29, 0.717) is 19.0 Å². The minimum Gasteiger partial charge on any atom is -0.483 e. The maximum atomic E-state index is 12.6. The Morgan fingerprint density at radius 1 is 0.857 bits per heavy atom. The van der Waals surface area contributed by atoms with Crippen molar-refractivity contribution in [2.24, 2.45) is 0 Å². The van der Waals surface area contributed by atoms with Crippen molar-refractivity contribution >= 4 is 11.9 Å². The molecular weight excluding hydrogens is 352 g/mol. The zero-order valence-electron chi connectivity index (χ0n) is 15.6. The first-order valence-corrected chi connectivity index (χ1v) is 9.38. The largest absolute Gasteiger partial charge is 0.483 e. The maximum absolute atomic E-state index is 12.6. The molecule has 6 nitrogen and oxygen atoms in total. The van der Waals surface area contributed by atoms with Crippen molar-refractivity contribution in [3.63, 3.8) is 0 Å². The van der Waals surface area contributed by atoms with Crippen LogP contribution in [0.3, 0.4) is 0 Å². The quantitative estimate of drug-likeness (QED) is 0.687. The monoisotopic (exact) mass is 374 g/mol. The molecule has 1 aromatic heterocycles. The lowest BCUT2D eigenvalue weighted by atomic mass is 10.1. The summed E-state index contributed by atoms with van der Waals surface area (Å²) in [6, 6.07) is 19.6. The van der Waals surface area contributed by atoms with Gasteiger partial charge in [-0.3, -0.25) is 4.79 Å². The van der Waals surface area contributed by atoms with E-state index in [4.69, 9.17) is 4.74 Å². The summed E-state index contributed by atoms with van der Waals surface area (Å²) < 4.78 is 5.89. The smallest absolute Gasteiger partial charge is 0.260 e. The van der Waals surface area contributed by atoms with Crippen molar-refractivity contribution in [2.45, 2.75) is 0 Å². The van der Waals surface area contributed by atoms with Crippen molar-refractivity contribution in [1.82, 2.24) is 14.9 Å². The van der Waals surface area contributed by atoms with Gasteiger partial charge in [-0.2, -0.15) is 0 Å². The third kappa shape index (κ3) is 4.11. The fourth-order valence-electron chi connectivity index (χ4n) is 3.29. The number of rotatable bonds is 5. The summed E-state index contributed by atoms with van der Waals surface area (Å²) in [6.45, 7) is 2.75. The molecule has 3 aromatic rings. The molecule has 2 heterocycles. The van der Waals surface area contributed by atoms with Crippen LogP contribution in [0.2, 0.25) is 0 Å². The van der Waals surface area contributed by atoms with Crippen LogP contribution in [0.1, 0.15) is 0 Å². The number of hydrogen-bond donors (Lipinski definition) is 0. The molecule has 0 aliphatic carbocycles. The molecule has 28 heavy (non-hydrogen) atoms. The number of para-hydroxylation sites is 1. The molecule has 1 amide bonds. The molecule has 0 saturated carbocycles. The van der Waals surface area contributed by atoms with Crippen LogP contribution in [-0.4, -0.2) is 53.6 Å². The minimum absolute atomic E-state index is 0.00325. The Morgan fingerprint density at radius 2 is 1.54 bits per heavy atom. The predicted octanol–water partition coefficient (Wildman–Crippen LogP) is 2.87. The lowest BCUT2D eigenvalue weighted by Gasteiger charge is -2.34. The summed E-state index contributed by atoms with van der Waals surface area (Å²) in [4.78, 5) is 25.1. The van der Waals surface area contributed by atoms with Crippen LogP contribution in [0.25, 0.3) is 11.1 Å². The lowest BCUT2D eigenvalue weighted by molar-refractivity contribution is -0.133. The molecule has 1 saturated heterocycles. The lowest BCUT2D eigenvalue weighted by Crippen LogP contribution is -2.50. The van der Waals surface area contributed by atoms with Gasteiger partial charge in [0.15, 0.2) is 6.61 Å². The second-order valence-electron chi connectivity index (χ2n) is 6.57. The van der Waals surface area contributed by atoms with Crippen molar-refractivity contribution in [3.8, 4) is 16.9 Å². The molecule has 0 radical (unpaired) electrons. The molecule has 6 heteroatoms. The average molecular weight is 374 g/mol. The highest BCUT2D eigenvalue weighted by molar-refractivity contribution is 5.79. The number of amides is 1. The highest BCUT2D eigenvalue weighted by Gasteiger charge is 2.23. The molecule has 1 fully saturated rings. The summed E-state index contributed by atoms with van der Waals surface area (Å²) in [7, 11) is 0. The van der Waals surface area contributed by atoms with Crippen molar-refractivity contribution in [3.05, 3.63) is 73.1 Å². The molecule has 1 aliphatic rings. The number of carbonyl (C=O) groups excluding carboxylic acids is 1. The van der Waals surface area contributed by atoms with Gasteiger partial charge in [-0.25, -0.2) is 9.97 Å². The van der Waals surface area contributed by atoms with E-state index in [1.807, 2.05) is 59.5 Å². The van der Waals surface area contributed by atoms with Crippen molar-refractivity contribution in [1.29, 1.82) is 0 Å². The van der Waals surface area contributed by atoms with Crippen LogP contribution in [0.4, 0.5) is 5.95 Å². The predicted molar refractivity (Wildman–Crippen MR) is 108 cm³/mol. The molecule has 0 atom stereocenters. The van der Waals surface area contributed by atoms with E-state index in [-0.39, 0.29) is 12.5 Å². The normalized spacial score (nSPS) is 14.0. The van der Waals surface area contributed by atoms with Gasteiger partial charge in [-0.05, 0) is 17.7 Å². The Bertz CT molecular complexity index is 910. The van der Waals surface area contributed by atoms with Gasteiger partial charge in [-0.15, -0.1) is 0 Å². The molecule has 0 spiro atoms. The van der Waals surface area contributed by atoms with Gasteiger partial charge in [-0.1, -0.05) is 48.5 Å². The molecule has 1 aliphatic heterocycles. The third-order valence-electron chi connectivity index (χ3n) is 4.79. The van der Waals surface area contributed by atoms with E-state index >= 15 is 0 Å². The van der Waals surface area contributed by atoms with Crippen molar-refractivity contribution in [2.75, 3.05) is 37.7 Å². The topological polar surface area (TPSA) is 58.6 Å². The number of benzene rings is 2. The summed E-state index contributed by atoms with van der Waals surface area (Å²) in [5.74, 6) is 1.43. The Hall–Kier alpha value is -3.41. The van der Waals surface area contributed by atoms with Crippen LogP contribution in [0.15, 0.2) is 73.1 Å². The van der Waals surface area contributed by atoms with Gasteiger partial charge in [0.25, 0.3) is 5.91 Å². The molecule has 4 rings (SSSR count). The maximum Gasteiger partial charge on any atom is 0.260 e.